The van der Waals surface area contributed by atoms with Crippen molar-refractivity contribution in [2.45, 2.75) is 13.5 Å². The lowest BCUT2D eigenvalue weighted by Crippen LogP contribution is -3.10. The van der Waals surface area contributed by atoms with Gasteiger partial charge in [0.1, 0.15) is 32.1 Å². The molecule has 0 fully saturated rings. The summed E-state index contributed by atoms with van der Waals surface area (Å²) in [5.74, 6) is 0.764. The summed E-state index contributed by atoms with van der Waals surface area (Å²) in [6, 6.07) is 14.3. The van der Waals surface area contributed by atoms with E-state index in [4.69, 9.17) is 14.2 Å². The summed E-state index contributed by atoms with van der Waals surface area (Å²) < 4.78 is 44.3. The van der Waals surface area contributed by atoms with E-state index in [0.29, 0.717) is 32.2 Å². The van der Waals surface area contributed by atoms with Gasteiger partial charge in [-0.25, -0.2) is 0 Å². The molecule has 190 valence electrons. The molecule has 1 atom stereocenters. The number of likely N-dealkylation sites (N-methyl/N-ethyl adjacent to an activating group) is 1. The van der Waals surface area contributed by atoms with Crippen LogP contribution in [0.2, 0.25) is 0 Å². The summed E-state index contributed by atoms with van der Waals surface area (Å²) in [6.07, 6.45) is 0. The van der Waals surface area contributed by atoms with E-state index >= 15 is 0 Å². The van der Waals surface area contributed by atoms with E-state index in [1.54, 1.807) is 12.1 Å². The summed E-state index contributed by atoms with van der Waals surface area (Å²) in [5, 5.41) is 11.2. The van der Waals surface area contributed by atoms with Crippen LogP contribution in [0, 0.1) is 10.1 Å². The van der Waals surface area contributed by atoms with Crippen molar-refractivity contribution in [3.63, 3.8) is 0 Å². The van der Waals surface area contributed by atoms with E-state index in [1.165, 1.54) is 11.0 Å². The molecule has 2 aromatic carbocycles. The summed E-state index contributed by atoms with van der Waals surface area (Å²) in [7, 11) is 0.434. The minimum atomic E-state index is -3.66. The van der Waals surface area contributed by atoms with Crippen molar-refractivity contribution in [1.82, 2.24) is 0 Å². The van der Waals surface area contributed by atoms with Gasteiger partial charge in [-0.15, -0.1) is 0 Å². The summed E-state index contributed by atoms with van der Waals surface area (Å²) >= 11 is 0. The Balaban J connectivity index is 0.000000718. The number of hydrogen-bond acceptors (Lipinski definition) is 9. The quantitative estimate of drug-likeness (QED) is 0.233. The van der Waals surface area contributed by atoms with Crippen molar-refractivity contribution in [3.8, 4) is 11.5 Å². The number of nitrogens with zero attached hydrogens (tertiary/aromatic N) is 1. The number of nitrogens with one attached hydrogen (secondary N) is 1. The molecule has 1 unspecified atom stereocenters. The third-order valence-corrected chi connectivity index (χ3v) is 5.26. The van der Waals surface area contributed by atoms with Gasteiger partial charge < -0.3 is 19.1 Å². The Kier molecular flexibility index (Phi) is 13.7. The lowest BCUT2D eigenvalue weighted by atomic mass is 10.2. The standard InChI is InChI=1S/C20H26N2O5.C2H6O4S/c1-3-25-13-11-21(2)12-14-26-20-15-18(9-10-19(20)22(23)24)27-16-17-7-5-4-6-8-17;1-5-7(3,4)6-2/h4-10,15H,3,11-14,16H2,1-2H3;1-2H3/p+1. The van der Waals surface area contributed by atoms with Crippen molar-refractivity contribution >= 4 is 16.1 Å². The van der Waals surface area contributed by atoms with E-state index in [9.17, 15) is 18.5 Å². The van der Waals surface area contributed by atoms with Crippen LogP contribution in [-0.4, -0.2) is 67.5 Å². The zero-order chi connectivity index (χ0) is 25.4. The zero-order valence-electron chi connectivity index (χ0n) is 19.9. The monoisotopic (exact) mass is 501 g/mol. The molecule has 2 aromatic rings. The SMILES string of the molecule is CCOCC[NH+](C)CCOc1cc(OCc2ccccc2)ccc1[N+](=O)[O-].COS(=O)(=O)OC. The van der Waals surface area contributed by atoms with Crippen LogP contribution in [-0.2, 0) is 30.1 Å². The Hall–Kier alpha value is -2.77. The number of nitro benzene ring substituents is 1. The van der Waals surface area contributed by atoms with Gasteiger partial charge in [-0.05, 0) is 18.6 Å². The Morgan fingerprint density at radius 2 is 1.62 bits per heavy atom. The topological polar surface area (TPSA) is 128 Å². The number of ether oxygens (including phenoxy) is 3. The lowest BCUT2D eigenvalue weighted by molar-refractivity contribution is -0.880. The second-order valence-electron chi connectivity index (χ2n) is 6.90. The second kappa shape index (κ2) is 16.0. The van der Waals surface area contributed by atoms with Gasteiger partial charge in [0.05, 0.1) is 32.8 Å². The van der Waals surface area contributed by atoms with Crippen LogP contribution in [0.5, 0.6) is 11.5 Å². The van der Waals surface area contributed by atoms with Crippen molar-refractivity contribution in [2.24, 2.45) is 0 Å². The first-order valence-corrected chi connectivity index (χ1v) is 11.9. The molecule has 0 saturated heterocycles. The van der Waals surface area contributed by atoms with Gasteiger partial charge in [-0.1, -0.05) is 30.3 Å². The van der Waals surface area contributed by atoms with Crippen LogP contribution in [0.15, 0.2) is 48.5 Å². The molecule has 0 heterocycles. The van der Waals surface area contributed by atoms with Crippen molar-refractivity contribution in [1.29, 1.82) is 0 Å². The van der Waals surface area contributed by atoms with Gasteiger partial charge in [0, 0.05) is 18.7 Å². The number of rotatable bonds is 14. The molecule has 34 heavy (non-hydrogen) atoms. The normalized spacial score (nSPS) is 11.8. The molecule has 0 amide bonds. The van der Waals surface area contributed by atoms with E-state index in [2.05, 4.69) is 8.37 Å². The molecule has 0 aliphatic carbocycles. The van der Waals surface area contributed by atoms with Crippen molar-refractivity contribution in [2.75, 3.05) is 54.2 Å². The van der Waals surface area contributed by atoms with E-state index in [-0.39, 0.29) is 11.4 Å². The average molecular weight is 502 g/mol. The van der Waals surface area contributed by atoms with Gasteiger partial charge in [-0.2, -0.15) is 8.42 Å². The molecule has 0 radical (unpaired) electrons. The molecule has 2 rings (SSSR count). The van der Waals surface area contributed by atoms with Crippen LogP contribution in [0.3, 0.4) is 0 Å². The summed E-state index contributed by atoms with van der Waals surface area (Å²) in [5.41, 5.74) is 0.965. The van der Waals surface area contributed by atoms with Crippen LogP contribution in [0.4, 0.5) is 5.69 Å². The first-order valence-electron chi connectivity index (χ1n) is 10.6. The minimum absolute atomic E-state index is 0.0611. The summed E-state index contributed by atoms with van der Waals surface area (Å²) in [4.78, 5) is 12.0. The molecular weight excluding hydrogens is 468 g/mol. The molecule has 0 aliphatic heterocycles. The highest BCUT2D eigenvalue weighted by Crippen LogP contribution is 2.31. The van der Waals surface area contributed by atoms with Crippen LogP contribution < -0.4 is 14.4 Å². The van der Waals surface area contributed by atoms with Gasteiger partial charge in [0.15, 0.2) is 0 Å². The number of nitro groups is 1. The maximum absolute atomic E-state index is 11.2. The number of benzene rings is 2. The van der Waals surface area contributed by atoms with Gasteiger partial charge in [0.25, 0.3) is 0 Å². The van der Waals surface area contributed by atoms with Crippen molar-refractivity contribution < 1.29 is 40.8 Å². The van der Waals surface area contributed by atoms with E-state index in [1.807, 2.05) is 44.3 Å². The first-order chi connectivity index (χ1) is 16.2. The van der Waals surface area contributed by atoms with Gasteiger partial charge in [-0.3, -0.25) is 18.5 Å². The van der Waals surface area contributed by atoms with Gasteiger partial charge >= 0.3 is 16.1 Å². The molecule has 11 nitrogen and oxygen atoms in total. The fraction of sp³-hybridized carbons (Fsp3) is 0.455. The van der Waals surface area contributed by atoms with Gasteiger partial charge in [0.2, 0.25) is 5.75 Å². The molecule has 0 aliphatic rings. The number of hydrogen-bond donors (Lipinski definition) is 1. The Bertz CT molecular complexity index is 946. The molecule has 0 aromatic heterocycles. The minimum Gasteiger partial charge on any atom is -0.489 e. The Labute approximate surface area is 200 Å². The Morgan fingerprint density at radius 1 is 0.971 bits per heavy atom. The van der Waals surface area contributed by atoms with E-state index < -0.39 is 15.3 Å². The maximum Gasteiger partial charge on any atom is 0.399 e. The van der Waals surface area contributed by atoms with Crippen molar-refractivity contribution in [3.05, 3.63) is 64.2 Å². The molecule has 0 bridgehead atoms. The number of quaternary nitrogens is 1. The fourth-order valence-electron chi connectivity index (χ4n) is 2.51. The highest BCUT2D eigenvalue weighted by Gasteiger charge is 2.17. The first kappa shape index (κ1) is 29.3. The molecule has 0 spiro atoms. The van der Waals surface area contributed by atoms with Crippen LogP contribution in [0.25, 0.3) is 0 Å². The zero-order valence-corrected chi connectivity index (χ0v) is 20.7. The average Bonchev–Trinajstić information content (AvgIpc) is 2.84. The predicted octanol–water partition coefficient (Wildman–Crippen LogP) is 1.63. The predicted molar refractivity (Wildman–Crippen MR) is 125 cm³/mol. The molecular formula is C22H33N2O9S+. The lowest BCUT2D eigenvalue weighted by Gasteiger charge is -2.15. The van der Waals surface area contributed by atoms with Crippen LogP contribution >= 0.6 is 0 Å². The highest BCUT2D eigenvalue weighted by molar-refractivity contribution is 7.81. The molecule has 0 saturated carbocycles. The van der Waals surface area contributed by atoms with E-state index in [0.717, 1.165) is 32.9 Å². The molecule has 12 heteroatoms. The Morgan fingerprint density at radius 3 is 2.18 bits per heavy atom. The maximum atomic E-state index is 11.2. The third-order valence-electron chi connectivity index (χ3n) is 4.45. The fourth-order valence-corrected chi connectivity index (χ4v) is 2.65. The molecule has 1 N–H and O–H groups in total. The summed E-state index contributed by atoms with van der Waals surface area (Å²) in [6.45, 7) is 5.70. The smallest absolute Gasteiger partial charge is 0.399 e. The van der Waals surface area contributed by atoms with Crippen LogP contribution in [0.1, 0.15) is 12.5 Å². The second-order valence-corrected chi connectivity index (χ2v) is 8.39. The highest BCUT2D eigenvalue weighted by atomic mass is 32.3. The third kappa shape index (κ3) is 11.9. The largest absolute Gasteiger partial charge is 0.489 e.